The van der Waals surface area contributed by atoms with Gasteiger partial charge < -0.3 is 30.6 Å². The van der Waals surface area contributed by atoms with Gasteiger partial charge in [0.15, 0.2) is 12.2 Å². The van der Waals surface area contributed by atoms with Crippen LogP contribution in [0.25, 0.3) is 16.7 Å². The van der Waals surface area contributed by atoms with E-state index in [9.17, 15) is 9.59 Å². The zero-order valence-electron chi connectivity index (χ0n) is 23.0. The van der Waals surface area contributed by atoms with Gasteiger partial charge in [0.2, 0.25) is 0 Å². The van der Waals surface area contributed by atoms with Gasteiger partial charge in [-0.25, -0.2) is 14.6 Å². The van der Waals surface area contributed by atoms with Crippen LogP contribution in [0.1, 0.15) is 46.5 Å². The highest BCUT2D eigenvalue weighted by Gasteiger charge is 2.29. The normalized spacial score (nSPS) is 16.7. The number of anilines is 1. The number of rotatable bonds is 5. The Hall–Kier alpha value is -3.47. The predicted octanol–water partition coefficient (Wildman–Crippen LogP) is 2.42. The van der Waals surface area contributed by atoms with Crippen molar-refractivity contribution >= 4 is 28.7 Å². The van der Waals surface area contributed by atoms with Gasteiger partial charge in [-0.05, 0) is 76.1 Å². The van der Waals surface area contributed by atoms with Crippen LogP contribution in [-0.2, 0) is 22.4 Å². The number of aryl methyl sites for hydroxylation is 5. The average molecular weight is 539 g/mol. The molecule has 0 amide bonds. The number of pyridine rings is 1. The lowest BCUT2D eigenvalue weighted by Crippen LogP contribution is -2.43. The molecular weight excluding hydrogens is 500 g/mol. The first kappa shape index (κ1) is 28.5. The van der Waals surface area contributed by atoms with E-state index in [1.807, 2.05) is 0 Å². The van der Waals surface area contributed by atoms with E-state index < -0.39 is 24.1 Å². The van der Waals surface area contributed by atoms with Crippen LogP contribution >= 0.6 is 0 Å². The summed E-state index contributed by atoms with van der Waals surface area (Å²) >= 11 is 0. The number of aliphatic hydroxyl groups is 2. The summed E-state index contributed by atoms with van der Waals surface area (Å²) in [7, 11) is 0. The molecule has 3 heterocycles. The number of aromatic nitrogens is 2. The Labute approximate surface area is 227 Å². The van der Waals surface area contributed by atoms with Crippen molar-refractivity contribution in [2.45, 2.75) is 65.6 Å². The van der Waals surface area contributed by atoms with Gasteiger partial charge >= 0.3 is 11.9 Å². The monoisotopic (exact) mass is 538 g/mol. The number of carboxylic acid groups (broad SMARTS) is 2. The number of carboxylic acids is 2. The molecule has 1 aliphatic carbocycles. The molecule has 39 heavy (non-hydrogen) atoms. The number of piperazine rings is 1. The van der Waals surface area contributed by atoms with Gasteiger partial charge in [0.25, 0.3) is 0 Å². The van der Waals surface area contributed by atoms with E-state index in [-0.39, 0.29) is 0 Å². The molecule has 210 valence electrons. The number of aliphatic carboxylic acids is 2. The lowest BCUT2D eigenvalue weighted by atomic mass is 9.95. The zero-order valence-corrected chi connectivity index (χ0v) is 23.0. The summed E-state index contributed by atoms with van der Waals surface area (Å²) in [5.41, 5.74) is 12.0. The van der Waals surface area contributed by atoms with Gasteiger partial charge in [0, 0.05) is 37.3 Å². The van der Waals surface area contributed by atoms with Crippen molar-refractivity contribution in [3.8, 4) is 5.69 Å². The van der Waals surface area contributed by atoms with Crippen LogP contribution < -0.4 is 10.2 Å². The maximum Gasteiger partial charge on any atom is 0.335 e. The minimum Gasteiger partial charge on any atom is -0.479 e. The van der Waals surface area contributed by atoms with Crippen molar-refractivity contribution in [3.63, 3.8) is 0 Å². The van der Waals surface area contributed by atoms with Crippen LogP contribution in [0.4, 0.5) is 5.69 Å². The Morgan fingerprint density at radius 1 is 0.897 bits per heavy atom. The fourth-order valence-electron chi connectivity index (χ4n) is 5.79. The summed E-state index contributed by atoms with van der Waals surface area (Å²) in [6.07, 6.45) is 0.357. The number of nitrogens with zero attached hydrogens (tertiary/aromatic N) is 3. The Kier molecular flexibility index (Phi) is 8.58. The molecular formula is C29H38N4O6. The largest absolute Gasteiger partial charge is 0.479 e. The fourth-order valence-corrected chi connectivity index (χ4v) is 5.79. The van der Waals surface area contributed by atoms with Gasteiger partial charge in [0.1, 0.15) is 5.65 Å². The molecule has 0 bridgehead atoms. The molecule has 2 aliphatic rings. The van der Waals surface area contributed by atoms with Crippen molar-refractivity contribution in [2.24, 2.45) is 0 Å². The van der Waals surface area contributed by atoms with Gasteiger partial charge in [-0.3, -0.25) is 4.57 Å². The molecule has 1 fully saturated rings. The van der Waals surface area contributed by atoms with Crippen molar-refractivity contribution in [2.75, 3.05) is 31.1 Å². The summed E-state index contributed by atoms with van der Waals surface area (Å²) in [6.45, 7) is 13.1. The molecule has 0 spiro atoms. The Morgan fingerprint density at radius 2 is 1.46 bits per heavy atom. The third-order valence-electron chi connectivity index (χ3n) is 7.53. The highest BCUT2D eigenvalue weighted by atomic mass is 16.4. The fraction of sp³-hybridized carbons (Fsp3) is 0.483. The molecule has 1 aromatic carbocycles. The first-order valence-corrected chi connectivity index (χ1v) is 13.4. The summed E-state index contributed by atoms with van der Waals surface area (Å²) in [6, 6.07) is 7.07. The van der Waals surface area contributed by atoms with E-state index in [1.165, 1.54) is 64.0 Å². The lowest BCUT2D eigenvalue weighted by molar-refractivity contribution is -0.165. The van der Waals surface area contributed by atoms with Crippen LogP contribution in [0.15, 0.2) is 18.2 Å². The maximum absolute atomic E-state index is 9.77. The minimum atomic E-state index is -2.27. The van der Waals surface area contributed by atoms with Gasteiger partial charge in [0.05, 0.1) is 17.1 Å². The molecule has 5 rings (SSSR count). The zero-order chi connectivity index (χ0) is 28.4. The van der Waals surface area contributed by atoms with E-state index in [4.69, 9.17) is 25.4 Å². The van der Waals surface area contributed by atoms with Crippen molar-refractivity contribution in [1.82, 2.24) is 14.9 Å². The van der Waals surface area contributed by atoms with E-state index in [1.54, 1.807) is 0 Å². The molecule has 2 aromatic heterocycles. The topological polar surface area (TPSA) is 148 Å². The predicted molar refractivity (Wildman–Crippen MR) is 149 cm³/mol. The van der Waals surface area contributed by atoms with Gasteiger partial charge in [-0.2, -0.15) is 0 Å². The first-order valence-electron chi connectivity index (χ1n) is 13.4. The third-order valence-corrected chi connectivity index (χ3v) is 7.53. The number of carbonyl (C=O) groups is 2. The van der Waals surface area contributed by atoms with Crippen LogP contribution in [-0.4, -0.2) is 80.3 Å². The highest BCUT2D eigenvalue weighted by molar-refractivity contribution is 5.88. The van der Waals surface area contributed by atoms with Crippen LogP contribution in [0.5, 0.6) is 0 Å². The summed E-state index contributed by atoms with van der Waals surface area (Å²) in [5, 5.41) is 37.4. The van der Waals surface area contributed by atoms with E-state index in [2.05, 4.69) is 60.7 Å². The first-order chi connectivity index (χ1) is 18.5. The summed E-state index contributed by atoms with van der Waals surface area (Å²) < 4.78 is 2.50. The van der Waals surface area contributed by atoms with Crippen molar-refractivity contribution < 1.29 is 30.0 Å². The molecule has 5 N–H and O–H groups in total. The van der Waals surface area contributed by atoms with E-state index in [0.717, 1.165) is 43.9 Å². The molecule has 10 heteroatoms. The average Bonchev–Trinajstić information content (AvgIpc) is 3.20. The van der Waals surface area contributed by atoms with Crippen LogP contribution in [0.3, 0.4) is 0 Å². The van der Waals surface area contributed by atoms with Gasteiger partial charge in [-0.15, -0.1) is 0 Å². The Balaban J connectivity index is 0.000000303. The number of aliphatic hydroxyl groups excluding tert-OH is 2. The van der Waals surface area contributed by atoms with Crippen molar-refractivity contribution in [3.05, 3.63) is 51.8 Å². The molecule has 0 radical (unpaired) electrons. The molecule has 10 nitrogen and oxygen atoms in total. The molecule has 3 aromatic rings. The third kappa shape index (κ3) is 5.78. The second-order valence-electron chi connectivity index (χ2n) is 10.5. The summed E-state index contributed by atoms with van der Waals surface area (Å²) in [4.78, 5) is 27.3. The standard InChI is InChI=1S/C25H32N4.C4H6O6/c1-16-13-17(2)24(18(3)14-16)29-22-8-6-5-7-20(22)21-15-23(19(4)27-25(21)29)28-11-9-26-10-12-28;5-1(3(7)8)2(6)4(9)10/h13-15,26H,5-12H2,1-4H3;1-2,5-6H,(H,7,8)(H,9,10). The second-order valence-corrected chi connectivity index (χ2v) is 10.5. The molecule has 2 atom stereocenters. The van der Waals surface area contributed by atoms with Crippen LogP contribution in [0.2, 0.25) is 0 Å². The van der Waals surface area contributed by atoms with E-state index in [0.29, 0.717) is 0 Å². The molecule has 1 saturated heterocycles. The smallest absolute Gasteiger partial charge is 0.335 e. The number of hydrogen-bond acceptors (Lipinski definition) is 7. The van der Waals surface area contributed by atoms with Crippen LogP contribution in [0, 0.1) is 27.7 Å². The molecule has 1 aliphatic heterocycles. The quantitative estimate of drug-likeness (QED) is 0.330. The molecule has 2 unspecified atom stereocenters. The van der Waals surface area contributed by atoms with E-state index >= 15 is 0 Å². The number of fused-ring (bicyclic) bond motifs is 3. The number of hydrogen-bond donors (Lipinski definition) is 5. The highest BCUT2D eigenvalue weighted by Crippen LogP contribution is 2.38. The number of benzene rings is 1. The Morgan fingerprint density at radius 3 is 2.03 bits per heavy atom. The molecule has 0 saturated carbocycles. The lowest BCUT2D eigenvalue weighted by Gasteiger charge is -2.30. The summed E-state index contributed by atoms with van der Waals surface area (Å²) in [5.74, 6) is -3.54. The maximum atomic E-state index is 9.77. The van der Waals surface area contributed by atoms with Crippen molar-refractivity contribution in [1.29, 1.82) is 0 Å². The van der Waals surface area contributed by atoms with Gasteiger partial charge in [-0.1, -0.05) is 17.7 Å². The minimum absolute atomic E-state index is 1.05. The number of nitrogens with one attached hydrogen (secondary N) is 1. The Bertz CT molecular complexity index is 1350. The SMILES string of the molecule is Cc1cc(C)c(-n2c3c(c4cc(N5CCNCC5)c(C)nc42)CCCC3)c(C)c1.O=C(O)C(O)C(O)C(=O)O. The second kappa shape index (κ2) is 11.7.